The van der Waals surface area contributed by atoms with E-state index in [1.54, 1.807) is 6.20 Å². The summed E-state index contributed by atoms with van der Waals surface area (Å²) in [5, 5.41) is 10.3. The quantitative estimate of drug-likeness (QED) is 0.817. The Balaban J connectivity index is 1.47. The van der Waals surface area contributed by atoms with Crippen LogP contribution in [0.25, 0.3) is 0 Å². The number of aromatic nitrogens is 2. The Bertz CT molecular complexity index is 436. The fourth-order valence-electron chi connectivity index (χ4n) is 2.49. The minimum absolute atomic E-state index is 0.0724. The minimum Gasteiger partial charge on any atom is -0.376 e. The van der Waals surface area contributed by atoms with Crippen molar-refractivity contribution in [3.63, 3.8) is 0 Å². The van der Waals surface area contributed by atoms with Crippen molar-refractivity contribution in [3.8, 4) is 0 Å². The first-order valence-corrected chi connectivity index (χ1v) is 6.94. The van der Waals surface area contributed by atoms with Crippen LogP contribution in [0.3, 0.4) is 0 Å². The molecule has 0 spiro atoms. The Morgan fingerprint density at radius 2 is 2.47 bits per heavy atom. The molecule has 104 valence electrons. The highest BCUT2D eigenvalue weighted by Crippen LogP contribution is 2.15. The fourth-order valence-corrected chi connectivity index (χ4v) is 2.49. The zero-order valence-electron chi connectivity index (χ0n) is 11.0. The molecule has 2 saturated heterocycles. The zero-order valence-corrected chi connectivity index (χ0v) is 11.0. The summed E-state index contributed by atoms with van der Waals surface area (Å²) >= 11 is 0. The third kappa shape index (κ3) is 3.33. The molecule has 0 bridgehead atoms. The molecule has 3 heterocycles. The number of nitrogens with one attached hydrogen (secondary N) is 2. The maximum atomic E-state index is 11.8. The number of nitrogens with zero attached hydrogens (tertiary/aromatic N) is 2. The Labute approximate surface area is 112 Å². The second-order valence-corrected chi connectivity index (χ2v) is 5.36. The maximum Gasteiger partial charge on any atom is 0.224 e. The minimum atomic E-state index is 0.0724. The summed E-state index contributed by atoms with van der Waals surface area (Å²) in [5.74, 6) is 0.560. The monoisotopic (exact) mass is 264 g/mol. The van der Waals surface area contributed by atoms with Crippen LogP contribution in [0.1, 0.15) is 19.3 Å². The molecule has 19 heavy (non-hydrogen) atoms. The molecule has 2 fully saturated rings. The van der Waals surface area contributed by atoms with Crippen LogP contribution in [0.5, 0.6) is 0 Å². The van der Waals surface area contributed by atoms with Crippen molar-refractivity contribution in [3.05, 3.63) is 12.4 Å². The van der Waals surface area contributed by atoms with Crippen LogP contribution < -0.4 is 10.6 Å². The molecule has 1 aromatic heterocycles. The number of amides is 1. The molecule has 6 nitrogen and oxygen atoms in total. The number of ether oxygens (including phenoxy) is 1. The van der Waals surface area contributed by atoms with Crippen LogP contribution in [0.4, 0.5) is 5.69 Å². The second kappa shape index (κ2) is 5.71. The summed E-state index contributed by atoms with van der Waals surface area (Å²) in [6.07, 6.45) is 6.65. The smallest absolute Gasteiger partial charge is 0.224 e. The molecule has 3 rings (SSSR count). The van der Waals surface area contributed by atoms with Gasteiger partial charge >= 0.3 is 0 Å². The lowest BCUT2D eigenvalue weighted by Gasteiger charge is -2.26. The SMILES string of the molecule is O=C(CC1CNC1)Nc1cnn(CC2CCCO2)c1. The van der Waals surface area contributed by atoms with Crippen LogP contribution in [0.2, 0.25) is 0 Å². The molecule has 2 aliphatic heterocycles. The van der Waals surface area contributed by atoms with Crippen LogP contribution in [0.15, 0.2) is 12.4 Å². The molecule has 0 saturated carbocycles. The van der Waals surface area contributed by atoms with Gasteiger partial charge in [-0.1, -0.05) is 0 Å². The Morgan fingerprint density at radius 1 is 1.58 bits per heavy atom. The van der Waals surface area contributed by atoms with E-state index >= 15 is 0 Å². The molecule has 1 amide bonds. The van der Waals surface area contributed by atoms with E-state index in [4.69, 9.17) is 4.74 Å². The van der Waals surface area contributed by atoms with Gasteiger partial charge in [-0.15, -0.1) is 0 Å². The topological polar surface area (TPSA) is 68.2 Å². The third-order valence-electron chi connectivity index (χ3n) is 3.67. The van der Waals surface area contributed by atoms with E-state index in [1.165, 1.54) is 0 Å². The molecule has 6 heteroatoms. The summed E-state index contributed by atoms with van der Waals surface area (Å²) in [4.78, 5) is 11.8. The second-order valence-electron chi connectivity index (χ2n) is 5.36. The highest BCUT2D eigenvalue weighted by atomic mass is 16.5. The summed E-state index contributed by atoms with van der Waals surface area (Å²) in [7, 11) is 0. The number of anilines is 1. The molecular weight excluding hydrogens is 244 g/mol. The van der Waals surface area contributed by atoms with Crippen LogP contribution in [-0.2, 0) is 16.1 Å². The Morgan fingerprint density at radius 3 is 3.16 bits per heavy atom. The lowest BCUT2D eigenvalue weighted by molar-refractivity contribution is -0.117. The summed E-state index contributed by atoms with van der Waals surface area (Å²) in [5.41, 5.74) is 0.773. The van der Waals surface area contributed by atoms with E-state index in [2.05, 4.69) is 15.7 Å². The molecule has 2 aliphatic rings. The van der Waals surface area contributed by atoms with E-state index in [9.17, 15) is 4.79 Å². The predicted molar refractivity (Wildman–Crippen MR) is 70.8 cm³/mol. The van der Waals surface area contributed by atoms with Gasteiger partial charge in [0.2, 0.25) is 5.91 Å². The van der Waals surface area contributed by atoms with Crippen molar-refractivity contribution >= 4 is 11.6 Å². The van der Waals surface area contributed by atoms with Crippen molar-refractivity contribution in [2.45, 2.75) is 31.9 Å². The van der Waals surface area contributed by atoms with Gasteiger partial charge in [0.15, 0.2) is 0 Å². The lowest BCUT2D eigenvalue weighted by atomic mass is 9.99. The zero-order chi connectivity index (χ0) is 13.1. The van der Waals surface area contributed by atoms with Gasteiger partial charge in [0.1, 0.15) is 0 Å². The van der Waals surface area contributed by atoms with Gasteiger partial charge in [0.25, 0.3) is 0 Å². The van der Waals surface area contributed by atoms with E-state index in [-0.39, 0.29) is 12.0 Å². The number of hydrogen-bond donors (Lipinski definition) is 2. The van der Waals surface area contributed by atoms with Gasteiger partial charge in [-0.25, -0.2) is 0 Å². The first kappa shape index (κ1) is 12.6. The number of carbonyl (C=O) groups excluding carboxylic acids is 1. The van der Waals surface area contributed by atoms with Crippen molar-refractivity contribution in [1.82, 2.24) is 15.1 Å². The van der Waals surface area contributed by atoms with Gasteiger partial charge in [-0.05, 0) is 31.8 Å². The molecule has 0 radical (unpaired) electrons. The van der Waals surface area contributed by atoms with E-state index in [0.29, 0.717) is 12.3 Å². The molecule has 0 aliphatic carbocycles. The average Bonchev–Trinajstić information content (AvgIpc) is 2.97. The van der Waals surface area contributed by atoms with Crippen molar-refractivity contribution in [2.24, 2.45) is 5.92 Å². The number of carbonyl (C=O) groups is 1. The van der Waals surface area contributed by atoms with E-state index in [1.807, 2.05) is 10.9 Å². The number of hydrogen-bond acceptors (Lipinski definition) is 4. The first-order valence-electron chi connectivity index (χ1n) is 6.94. The fraction of sp³-hybridized carbons (Fsp3) is 0.692. The Kier molecular flexibility index (Phi) is 3.79. The molecular formula is C13H20N4O2. The maximum absolute atomic E-state index is 11.8. The largest absolute Gasteiger partial charge is 0.376 e. The molecule has 2 N–H and O–H groups in total. The van der Waals surface area contributed by atoms with Crippen LogP contribution in [-0.4, -0.2) is 41.5 Å². The summed E-state index contributed by atoms with van der Waals surface area (Å²) in [6, 6.07) is 0. The highest BCUT2D eigenvalue weighted by Gasteiger charge is 2.20. The molecule has 1 aromatic rings. The van der Waals surface area contributed by atoms with E-state index < -0.39 is 0 Å². The van der Waals surface area contributed by atoms with Gasteiger partial charge < -0.3 is 15.4 Å². The predicted octanol–water partition coefficient (Wildman–Crippen LogP) is 0.610. The lowest BCUT2D eigenvalue weighted by Crippen LogP contribution is -2.43. The van der Waals surface area contributed by atoms with E-state index in [0.717, 1.165) is 44.8 Å². The average molecular weight is 264 g/mol. The summed E-state index contributed by atoms with van der Waals surface area (Å²) < 4.78 is 7.41. The normalized spacial score (nSPS) is 23.3. The standard InChI is InChI=1S/C13H20N4O2/c18-13(4-10-5-14-6-10)16-11-7-15-17(8-11)9-12-2-1-3-19-12/h7-8,10,12,14H,1-6,9H2,(H,16,18). The Hall–Kier alpha value is -1.40. The van der Waals surface area contributed by atoms with Crippen LogP contribution >= 0.6 is 0 Å². The summed E-state index contributed by atoms with van der Waals surface area (Å²) in [6.45, 7) is 3.52. The van der Waals surface area contributed by atoms with Crippen molar-refractivity contribution in [2.75, 3.05) is 25.0 Å². The third-order valence-corrected chi connectivity index (χ3v) is 3.67. The van der Waals surface area contributed by atoms with Crippen molar-refractivity contribution in [1.29, 1.82) is 0 Å². The first-order chi connectivity index (χ1) is 9.29. The molecule has 1 atom stereocenters. The number of rotatable bonds is 5. The van der Waals surface area contributed by atoms with Gasteiger partial charge in [-0.3, -0.25) is 9.48 Å². The highest BCUT2D eigenvalue weighted by molar-refractivity contribution is 5.90. The van der Waals surface area contributed by atoms with Gasteiger partial charge in [0, 0.05) is 19.2 Å². The van der Waals surface area contributed by atoms with Gasteiger partial charge in [-0.2, -0.15) is 5.10 Å². The van der Waals surface area contributed by atoms with Gasteiger partial charge in [0.05, 0.1) is 24.5 Å². The van der Waals surface area contributed by atoms with Crippen molar-refractivity contribution < 1.29 is 9.53 Å². The molecule has 1 unspecified atom stereocenters. The molecule has 0 aromatic carbocycles. The van der Waals surface area contributed by atoms with Crippen LogP contribution in [0, 0.1) is 5.92 Å².